The van der Waals surface area contributed by atoms with Crippen molar-refractivity contribution in [2.75, 3.05) is 19.6 Å². The highest BCUT2D eigenvalue weighted by Crippen LogP contribution is 2.34. The van der Waals surface area contributed by atoms with Crippen LogP contribution in [0.15, 0.2) is 72.8 Å². The van der Waals surface area contributed by atoms with Gasteiger partial charge in [-0.1, -0.05) is 60.7 Å². The van der Waals surface area contributed by atoms with E-state index in [1.54, 1.807) is 4.90 Å². The number of carboxylic acids is 1. The highest BCUT2D eigenvalue weighted by atomic mass is 16.4. The average Bonchev–Trinajstić information content (AvgIpc) is 3.09. The maximum atomic E-state index is 13.2. The highest BCUT2D eigenvalue weighted by molar-refractivity contribution is 5.98. The summed E-state index contributed by atoms with van der Waals surface area (Å²) in [7, 11) is 0. The number of benzene rings is 3. The van der Waals surface area contributed by atoms with Crippen LogP contribution in [0.2, 0.25) is 0 Å². The molecule has 2 N–H and O–H groups in total. The molecule has 7 heteroatoms. The van der Waals surface area contributed by atoms with Gasteiger partial charge in [0, 0.05) is 31.5 Å². The molecule has 0 saturated carbocycles. The smallest absolute Gasteiger partial charge is 0.323 e. The number of aliphatic carboxylic acids is 1. The van der Waals surface area contributed by atoms with Crippen LogP contribution in [-0.4, -0.2) is 64.0 Å². The summed E-state index contributed by atoms with van der Waals surface area (Å²) in [6.07, 6.45) is 1.46. The fourth-order valence-electron chi connectivity index (χ4n) is 5.21. The summed E-state index contributed by atoms with van der Waals surface area (Å²) in [6, 6.07) is 22.9. The van der Waals surface area contributed by atoms with Crippen LogP contribution in [0.1, 0.15) is 28.8 Å². The molecule has 0 radical (unpaired) electrons. The van der Waals surface area contributed by atoms with Gasteiger partial charge < -0.3 is 14.9 Å². The summed E-state index contributed by atoms with van der Waals surface area (Å²) in [5.74, 6) is -1.28. The number of hydrogen-bond acceptors (Lipinski definition) is 4. The Morgan fingerprint density at radius 3 is 2.32 bits per heavy atom. The van der Waals surface area contributed by atoms with Gasteiger partial charge in [-0.2, -0.15) is 0 Å². The molecule has 1 atom stereocenters. The van der Waals surface area contributed by atoms with E-state index in [4.69, 9.17) is 0 Å². The Bertz CT molecular complexity index is 1230. The number of likely N-dealkylation sites (tertiary alicyclic amines) is 1. The lowest BCUT2D eigenvalue weighted by molar-refractivity contribution is -0.147. The average molecular weight is 458 g/mol. The first-order chi connectivity index (χ1) is 16.4. The van der Waals surface area contributed by atoms with E-state index in [0.29, 0.717) is 37.9 Å². The summed E-state index contributed by atoms with van der Waals surface area (Å²) < 4.78 is 0. The van der Waals surface area contributed by atoms with E-state index in [0.717, 1.165) is 16.3 Å². The summed E-state index contributed by atoms with van der Waals surface area (Å²) in [4.78, 5) is 41.2. The lowest BCUT2D eigenvalue weighted by Crippen LogP contribution is -2.60. The quantitative estimate of drug-likeness (QED) is 0.615. The standard InChI is InChI=1S/C27H27N3O4/c31-24(32)18-30-26(34)23(16-19-6-2-1-3-7-19)28-27(30)12-14-29(15-13-27)25(33)22-11-10-20-8-4-5-9-21(20)17-22/h1-11,17,23,28H,12-16,18H2,(H,31,32). The Morgan fingerprint density at radius 2 is 1.62 bits per heavy atom. The molecule has 2 saturated heterocycles. The van der Waals surface area contributed by atoms with E-state index in [-0.39, 0.29) is 18.4 Å². The molecule has 3 aromatic rings. The zero-order chi connectivity index (χ0) is 23.7. The number of carbonyl (C=O) groups is 3. The summed E-state index contributed by atoms with van der Waals surface area (Å²) in [6.45, 7) is 0.538. The largest absolute Gasteiger partial charge is 0.480 e. The fraction of sp³-hybridized carbons (Fsp3) is 0.296. The minimum Gasteiger partial charge on any atom is -0.480 e. The van der Waals surface area contributed by atoms with Crippen molar-refractivity contribution in [3.63, 3.8) is 0 Å². The van der Waals surface area contributed by atoms with Gasteiger partial charge >= 0.3 is 5.97 Å². The molecule has 1 unspecified atom stereocenters. The number of nitrogens with one attached hydrogen (secondary N) is 1. The van der Waals surface area contributed by atoms with Gasteiger partial charge in [0.15, 0.2) is 0 Å². The van der Waals surface area contributed by atoms with Crippen molar-refractivity contribution in [1.82, 2.24) is 15.1 Å². The fourth-order valence-corrected chi connectivity index (χ4v) is 5.21. The third-order valence-corrected chi connectivity index (χ3v) is 6.97. The maximum absolute atomic E-state index is 13.2. The molecule has 2 amide bonds. The first-order valence-corrected chi connectivity index (χ1v) is 11.6. The van der Waals surface area contributed by atoms with E-state index < -0.39 is 17.7 Å². The zero-order valence-electron chi connectivity index (χ0n) is 18.8. The molecule has 7 nitrogen and oxygen atoms in total. The van der Waals surface area contributed by atoms with Crippen molar-refractivity contribution in [3.8, 4) is 0 Å². The van der Waals surface area contributed by atoms with Crippen LogP contribution in [0.25, 0.3) is 10.8 Å². The second kappa shape index (κ2) is 8.91. The number of nitrogens with zero attached hydrogens (tertiary/aromatic N) is 2. The topological polar surface area (TPSA) is 89.9 Å². The van der Waals surface area contributed by atoms with Gasteiger partial charge in [0.1, 0.15) is 6.54 Å². The van der Waals surface area contributed by atoms with Gasteiger partial charge in [-0.3, -0.25) is 19.7 Å². The van der Waals surface area contributed by atoms with Crippen molar-refractivity contribution in [3.05, 3.63) is 83.9 Å². The third-order valence-electron chi connectivity index (χ3n) is 6.97. The number of fused-ring (bicyclic) bond motifs is 1. The highest BCUT2D eigenvalue weighted by Gasteiger charge is 2.52. The molecule has 174 valence electrons. The van der Waals surface area contributed by atoms with Gasteiger partial charge in [0.2, 0.25) is 5.91 Å². The number of carboxylic acid groups (broad SMARTS) is 1. The molecule has 2 fully saturated rings. The molecule has 1 spiro atoms. The van der Waals surface area contributed by atoms with Crippen LogP contribution in [0.5, 0.6) is 0 Å². The number of rotatable bonds is 5. The minimum atomic E-state index is -1.04. The Balaban J connectivity index is 1.32. The van der Waals surface area contributed by atoms with Crippen LogP contribution in [0, 0.1) is 0 Å². The van der Waals surface area contributed by atoms with E-state index >= 15 is 0 Å². The normalized spacial score (nSPS) is 19.6. The lowest BCUT2D eigenvalue weighted by Gasteiger charge is -2.44. The molecule has 0 bridgehead atoms. The van der Waals surface area contributed by atoms with Gasteiger partial charge in [-0.05, 0) is 34.9 Å². The molecular weight excluding hydrogens is 430 g/mol. The number of hydrogen-bond donors (Lipinski definition) is 2. The van der Waals surface area contributed by atoms with Crippen molar-refractivity contribution < 1.29 is 19.5 Å². The van der Waals surface area contributed by atoms with Crippen LogP contribution >= 0.6 is 0 Å². The minimum absolute atomic E-state index is 0.0458. The molecule has 2 aliphatic rings. The molecule has 2 aliphatic heterocycles. The van der Waals surface area contributed by atoms with Crippen molar-refractivity contribution >= 4 is 28.6 Å². The summed E-state index contributed by atoms with van der Waals surface area (Å²) >= 11 is 0. The SMILES string of the molecule is O=C(O)CN1C(=O)C(Cc2ccccc2)NC12CCN(C(=O)c1ccc3ccccc3c1)CC2. The predicted octanol–water partition coefficient (Wildman–Crippen LogP) is 2.90. The lowest BCUT2D eigenvalue weighted by atomic mass is 9.95. The number of amides is 2. The van der Waals surface area contributed by atoms with Crippen molar-refractivity contribution in [2.24, 2.45) is 0 Å². The second-order valence-corrected chi connectivity index (χ2v) is 9.09. The molecule has 0 aliphatic carbocycles. The van der Waals surface area contributed by atoms with Gasteiger partial charge in [-0.15, -0.1) is 0 Å². The molecule has 34 heavy (non-hydrogen) atoms. The molecule has 3 aromatic carbocycles. The van der Waals surface area contributed by atoms with Gasteiger partial charge in [-0.25, -0.2) is 0 Å². The maximum Gasteiger partial charge on any atom is 0.323 e. The zero-order valence-corrected chi connectivity index (χ0v) is 18.8. The third kappa shape index (κ3) is 4.15. The Labute approximate surface area is 198 Å². The van der Waals surface area contributed by atoms with E-state index in [9.17, 15) is 19.5 Å². The Kier molecular flexibility index (Phi) is 5.79. The van der Waals surface area contributed by atoms with Crippen molar-refractivity contribution in [1.29, 1.82) is 0 Å². The first-order valence-electron chi connectivity index (χ1n) is 11.6. The molecular formula is C27H27N3O4. The van der Waals surface area contributed by atoms with Crippen LogP contribution in [-0.2, 0) is 16.0 Å². The Morgan fingerprint density at radius 1 is 0.941 bits per heavy atom. The van der Waals surface area contributed by atoms with E-state index in [1.807, 2.05) is 72.8 Å². The monoisotopic (exact) mass is 457 g/mol. The Hall–Kier alpha value is -3.71. The molecule has 2 heterocycles. The number of carbonyl (C=O) groups excluding carboxylic acids is 2. The van der Waals surface area contributed by atoms with Crippen molar-refractivity contribution in [2.45, 2.75) is 31.0 Å². The predicted molar refractivity (Wildman–Crippen MR) is 128 cm³/mol. The van der Waals surface area contributed by atoms with Gasteiger partial charge in [0.25, 0.3) is 5.91 Å². The summed E-state index contributed by atoms with van der Waals surface area (Å²) in [5.41, 5.74) is 0.897. The first kappa shape index (κ1) is 22.1. The van der Waals surface area contributed by atoms with E-state index in [1.165, 1.54) is 4.90 Å². The van der Waals surface area contributed by atoms with Crippen LogP contribution in [0.3, 0.4) is 0 Å². The van der Waals surface area contributed by atoms with Gasteiger partial charge in [0.05, 0.1) is 11.7 Å². The summed E-state index contributed by atoms with van der Waals surface area (Å²) in [5, 5.41) is 15.0. The molecule has 5 rings (SSSR count). The van der Waals surface area contributed by atoms with Crippen LogP contribution in [0.4, 0.5) is 0 Å². The van der Waals surface area contributed by atoms with E-state index in [2.05, 4.69) is 5.32 Å². The second-order valence-electron chi connectivity index (χ2n) is 9.09. The number of piperidine rings is 1. The molecule has 0 aromatic heterocycles. The van der Waals surface area contributed by atoms with Crippen LogP contribution < -0.4 is 5.32 Å².